The van der Waals surface area contributed by atoms with E-state index in [1.54, 1.807) is 19.1 Å². The SMILES string of the molecule is CCOC(=O)C1=C(c2ccccc2)N=c2s/c(=C\c3ccc(-c4cccc(C(F)(F)F)c4)o3)c(=O)n2C1c1ccccc1. The summed E-state index contributed by atoms with van der Waals surface area (Å²) in [6, 6.07) is 25.6. The van der Waals surface area contributed by atoms with Crippen molar-refractivity contribution in [2.75, 3.05) is 6.61 Å². The second kappa shape index (κ2) is 11.4. The highest BCUT2D eigenvalue weighted by Gasteiger charge is 2.35. The molecule has 10 heteroatoms. The summed E-state index contributed by atoms with van der Waals surface area (Å²) < 4.78 is 52.7. The lowest BCUT2D eigenvalue weighted by molar-refractivity contribution is -0.139. The number of aromatic nitrogens is 1. The number of benzene rings is 3. The number of carbonyl (C=O) groups is 1. The Labute approximate surface area is 247 Å². The quantitative estimate of drug-likeness (QED) is 0.217. The molecular formula is C33H23F3N2O4S. The number of thiazole rings is 1. The zero-order chi connectivity index (χ0) is 30.1. The Balaban J connectivity index is 1.51. The highest BCUT2D eigenvalue weighted by molar-refractivity contribution is 7.07. The van der Waals surface area contributed by atoms with Gasteiger partial charge in [0, 0.05) is 17.2 Å². The third-order valence-electron chi connectivity index (χ3n) is 6.86. The van der Waals surface area contributed by atoms with Crippen LogP contribution in [-0.2, 0) is 15.7 Å². The van der Waals surface area contributed by atoms with Crippen molar-refractivity contribution >= 4 is 29.1 Å². The molecule has 0 saturated carbocycles. The van der Waals surface area contributed by atoms with E-state index in [1.165, 1.54) is 22.8 Å². The fraction of sp³-hybridized carbons (Fsp3) is 0.121. The fourth-order valence-corrected chi connectivity index (χ4v) is 5.94. The average molecular weight is 601 g/mol. The maximum Gasteiger partial charge on any atom is 0.416 e. The first-order valence-corrected chi connectivity index (χ1v) is 14.2. The summed E-state index contributed by atoms with van der Waals surface area (Å²) in [6.45, 7) is 1.85. The van der Waals surface area contributed by atoms with Gasteiger partial charge in [0.15, 0.2) is 4.80 Å². The van der Waals surface area contributed by atoms with Gasteiger partial charge in [0.25, 0.3) is 5.56 Å². The smallest absolute Gasteiger partial charge is 0.416 e. The minimum absolute atomic E-state index is 0.142. The Bertz CT molecular complexity index is 2020. The second-order valence-electron chi connectivity index (χ2n) is 9.62. The van der Waals surface area contributed by atoms with E-state index in [2.05, 4.69) is 0 Å². The van der Waals surface area contributed by atoms with E-state index >= 15 is 0 Å². The molecule has 0 fully saturated rings. The van der Waals surface area contributed by atoms with E-state index in [0.717, 1.165) is 23.5 Å². The molecule has 6 rings (SSSR count). The zero-order valence-electron chi connectivity index (χ0n) is 22.7. The fourth-order valence-electron chi connectivity index (χ4n) is 4.95. The first-order valence-electron chi connectivity index (χ1n) is 13.4. The number of esters is 1. The lowest BCUT2D eigenvalue weighted by Crippen LogP contribution is -2.39. The average Bonchev–Trinajstić information content (AvgIpc) is 3.61. The van der Waals surface area contributed by atoms with Crippen LogP contribution in [0.25, 0.3) is 23.1 Å². The number of nitrogens with zero attached hydrogens (tertiary/aromatic N) is 2. The van der Waals surface area contributed by atoms with Gasteiger partial charge >= 0.3 is 12.1 Å². The molecule has 0 aliphatic carbocycles. The van der Waals surface area contributed by atoms with Gasteiger partial charge in [-0.25, -0.2) is 9.79 Å². The highest BCUT2D eigenvalue weighted by atomic mass is 32.1. The summed E-state index contributed by atoms with van der Waals surface area (Å²) in [7, 11) is 0. The molecule has 0 amide bonds. The van der Waals surface area contributed by atoms with Gasteiger partial charge in [0.05, 0.1) is 34.0 Å². The molecule has 3 aromatic carbocycles. The summed E-state index contributed by atoms with van der Waals surface area (Å²) in [4.78, 5) is 32.6. The van der Waals surface area contributed by atoms with Gasteiger partial charge in [-0.3, -0.25) is 9.36 Å². The van der Waals surface area contributed by atoms with Gasteiger partial charge < -0.3 is 9.15 Å². The number of rotatable bonds is 6. The first kappa shape index (κ1) is 28.2. The maximum atomic E-state index is 13.9. The summed E-state index contributed by atoms with van der Waals surface area (Å²) >= 11 is 1.12. The minimum Gasteiger partial charge on any atom is -0.463 e. The van der Waals surface area contributed by atoms with E-state index in [9.17, 15) is 22.8 Å². The predicted octanol–water partition coefficient (Wildman–Crippen LogP) is 6.21. The number of hydrogen-bond donors (Lipinski definition) is 0. The third kappa shape index (κ3) is 5.49. The Morgan fingerprint density at radius 3 is 2.37 bits per heavy atom. The van der Waals surface area contributed by atoms with Gasteiger partial charge in [-0.2, -0.15) is 13.2 Å². The molecular weight excluding hydrogens is 577 g/mol. The number of fused-ring (bicyclic) bond motifs is 1. The van der Waals surface area contributed by atoms with Gasteiger partial charge in [0.1, 0.15) is 11.5 Å². The van der Waals surface area contributed by atoms with Crippen LogP contribution in [0.2, 0.25) is 0 Å². The zero-order valence-corrected chi connectivity index (χ0v) is 23.5. The van der Waals surface area contributed by atoms with Crippen LogP contribution >= 0.6 is 11.3 Å². The van der Waals surface area contributed by atoms with E-state index in [4.69, 9.17) is 14.1 Å². The number of ether oxygens (including phenoxy) is 1. The Morgan fingerprint density at radius 1 is 0.977 bits per heavy atom. The molecule has 0 spiro atoms. The summed E-state index contributed by atoms with van der Waals surface area (Å²) in [5.41, 5.74) is 1.11. The van der Waals surface area contributed by atoms with Crippen molar-refractivity contribution in [2.45, 2.75) is 19.1 Å². The number of furan rings is 1. The topological polar surface area (TPSA) is 73.8 Å². The molecule has 0 bridgehead atoms. The molecule has 0 saturated heterocycles. The Morgan fingerprint density at radius 2 is 1.67 bits per heavy atom. The Hall–Kier alpha value is -4.96. The van der Waals surface area contributed by atoms with Gasteiger partial charge in [-0.1, -0.05) is 84.1 Å². The molecule has 3 heterocycles. The van der Waals surface area contributed by atoms with Crippen molar-refractivity contribution in [3.05, 3.63) is 145 Å². The van der Waals surface area contributed by atoms with Crippen LogP contribution in [0.5, 0.6) is 0 Å². The van der Waals surface area contributed by atoms with Crippen molar-refractivity contribution in [3.8, 4) is 11.3 Å². The van der Waals surface area contributed by atoms with Crippen molar-refractivity contribution in [1.82, 2.24) is 4.57 Å². The number of halogens is 3. The first-order chi connectivity index (χ1) is 20.7. The molecule has 1 aliphatic heterocycles. The lowest BCUT2D eigenvalue weighted by Gasteiger charge is -2.25. The molecule has 5 aromatic rings. The van der Waals surface area contributed by atoms with Crippen molar-refractivity contribution < 1.29 is 27.1 Å². The van der Waals surface area contributed by atoms with Gasteiger partial charge in [-0.05, 0) is 36.8 Å². The van der Waals surface area contributed by atoms with E-state index in [0.29, 0.717) is 21.6 Å². The molecule has 6 nitrogen and oxygen atoms in total. The maximum absolute atomic E-state index is 13.9. The van der Waals surface area contributed by atoms with E-state index in [-0.39, 0.29) is 33.8 Å². The molecule has 1 atom stereocenters. The molecule has 0 radical (unpaired) electrons. The standard InChI is InChI=1S/C33H23F3N2O4S/c1-2-41-31(40)27-28(20-10-5-3-6-11-20)37-32-38(29(27)21-12-7-4-8-13-21)30(39)26(43-32)19-24-16-17-25(42-24)22-14-9-15-23(18-22)33(34,35)36/h3-19,29H,2H2,1H3/b26-19-. The molecule has 43 heavy (non-hydrogen) atoms. The normalized spacial score (nSPS) is 15.3. The predicted molar refractivity (Wildman–Crippen MR) is 157 cm³/mol. The summed E-state index contributed by atoms with van der Waals surface area (Å²) in [5.74, 6) is -0.0740. The molecule has 2 aromatic heterocycles. The van der Waals surface area contributed by atoms with E-state index in [1.807, 2.05) is 60.7 Å². The van der Waals surface area contributed by atoms with Gasteiger partial charge in [0.2, 0.25) is 0 Å². The number of carbonyl (C=O) groups excluding carboxylic acids is 1. The third-order valence-corrected chi connectivity index (χ3v) is 7.85. The van der Waals surface area contributed by atoms with Crippen LogP contribution in [0.4, 0.5) is 13.2 Å². The van der Waals surface area contributed by atoms with Crippen LogP contribution < -0.4 is 14.9 Å². The van der Waals surface area contributed by atoms with Gasteiger partial charge in [-0.15, -0.1) is 0 Å². The minimum atomic E-state index is -4.49. The van der Waals surface area contributed by atoms with Crippen LogP contribution in [-0.4, -0.2) is 17.1 Å². The van der Waals surface area contributed by atoms with Crippen LogP contribution in [0.15, 0.2) is 117 Å². The molecule has 0 N–H and O–H groups in total. The lowest BCUT2D eigenvalue weighted by atomic mass is 9.93. The highest BCUT2D eigenvalue weighted by Crippen LogP contribution is 2.35. The number of alkyl halides is 3. The molecule has 216 valence electrons. The van der Waals surface area contributed by atoms with Crippen molar-refractivity contribution in [3.63, 3.8) is 0 Å². The Kier molecular flexibility index (Phi) is 7.45. The molecule has 1 aliphatic rings. The van der Waals surface area contributed by atoms with Crippen LogP contribution in [0, 0.1) is 0 Å². The summed E-state index contributed by atoms with van der Waals surface area (Å²) in [5, 5.41) is 0. The van der Waals surface area contributed by atoms with Crippen molar-refractivity contribution in [2.24, 2.45) is 4.99 Å². The second-order valence-corrected chi connectivity index (χ2v) is 10.6. The van der Waals surface area contributed by atoms with Crippen LogP contribution in [0.1, 0.15) is 35.4 Å². The largest absolute Gasteiger partial charge is 0.463 e. The monoisotopic (exact) mass is 600 g/mol. The molecule has 1 unspecified atom stereocenters. The summed E-state index contributed by atoms with van der Waals surface area (Å²) in [6.07, 6.45) is -2.96. The van der Waals surface area contributed by atoms with Crippen molar-refractivity contribution in [1.29, 1.82) is 0 Å². The van der Waals surface area contributed by atoms with E-state index < -0.39 is 29.3 Å². The van der Waals surface area contributed by atoms with Crippen LogP contribution in [0.3, 0.4) is 0 Å². The number of hydrogen-bond acceptors (Lipinski definition) is 6.